The Morgan fingerprint density at radius 1 is 1.29 bits per heavy atom. The summed E-state index contributed by atoms with van der Waals surface area (Å²) in [5.41, 5.74) is 6.62. The lowest BCUT2D eigenvalue weighted by molar-refractivity contribution is 0.121. The molecular weight excluding hydrogens is 257 g/mol. The zero-order valence-corrected chi connectivity index (χ0v) is 11.6. The molecular formula is C13H19Cl2NO. The Bertz CT molecular complexity index is 364. The van der Waals surface area contributed by atoms with Crippen LogP contribution in [-0.4, -0.2) is 18.3 Å². The molecule has 0 fully saturated rings. The Morgan fingerprint density at radius 2 is 2.00 bits per heavy atom. The highest BCUT2D eigenvalue weighted by molar-refractivity contribution is 6.42. The molecule has 0 saturated carbocycles. The number of hydrogen-bond acceptors (Lipinski definition) is 2. The lowest BCUT2D eigenvalue weighted by atomic mass is 9.78. The highest BCUT2D eigenvalue weighted by Crippen LogP contribution is 2.30. The molecule has 0 aliphatic heterocycles. The Labute approximate surface area is 113 Å². The number of aliphatic hydroxyl groups is 1. The van der Waals surface area contributed by atoms with E-state index in [0.29, 0.717) is 16.6 Å². The van der Waals surface area contributed by atoms with E-state index in [2.05, 4.69) is 6.92 Å². The van der Waals surface area contributed by atoms with Crippen LogP contribution in [0.4, 0.5) is 0 Å². The van der Waals surface area contributed by atoms with Gasteiger partial charge in [-0.15, -0.1) is 0 Å². The van der Waals surface area contributed by atoms with Crippen LogP contribution in [0.15, 0.2) is 18.2 Å². The number of nitrogens with two attached hydrogens (primary N) is 1. The molecule has 0 aromatic heterocycles. The quantitative estimate of drug-likeness (QED) is 0.837. The number of halogens is 2. The second-order valence-electron chi connectivity index (χ2n) is 4.54. The molecule has 1 aromatic carbocycles. The minimum absolute atomic E-state index is 0.0948. The van der Waals surface area contributed by atoms with Crippen LogP contribution in [0.25, 0.3) is 0 Å². The van der Waals surface area contributed by atoms with E-state index in [1.165, 1.54) is 0 Å². The van der Waals surface area contributed by atoms with Gasteiger partial charge in [0.1, 0.15) is 0 Å². The van der Waals surface area contributed by atoms with Crippen LogP contribution in [0.5, 0.6) is 0 Å². The van der Waals surface area contributed by atoms with Crippen molar-refractivity contribution in [1.29, 1.82) is 0 Å². The van der Waals surface area contributed by atoms with Gasteiger partial charge in [-0.05, 0) is 30.5 Å². The van der Waals surface area contributed by atoms with Gasteiger partial charge in [0.25, 0.3) is 0 Å². The van der Waals surface area contributed by atoms with E-state index in [9.17, 15) is 5.11 Å². The smallest absolute Gasteiger partial charge is 0.0595 e. The summed E-state index contributed by atoms with van der Waals surface area (Å²) in [5.74, 6) is 0. The van der Waals surface area contributed by atoms with Crippen LogP contribution in [0.1, 0.15) is 25.3 Å². The first-order chi connectivity index (χ1) is 8.06. The Kier molecular flexibility index (Phi) is 5.74. The minimum Gasteiger partial charge on any atom is -0.396 e. The van der Waals surface area contributed by atoms with Crippen molar-refractivity contribution in [3.05, 3.63) is 33.8 Å². The third-order valence-electron chi connectivity index (χ3n) is 3.11. The molecule has 0 aliphatic rings. The van der Waals surface area contributed by atoms with Crippen LogP contribution < -0.4 is 5.73 Å². The summed E-state index contributed by atoms with van der Waals surface area (Å²) in [7, 11) is 0. The van der Waals surface area contributed by atoms with E-state index in [1.807, 2.05) is 12.1 Å². The summed E-state index contributed by atoms with van der Waals surface area (Å²) in [6.45, 7) is 2.66. The van der Waals surface area contributed by atoms with Crippen molar-refractivity contribution in [3.8, 4) is 0 Å². The number of hydrogen-bond donors (Lipinski definition) is 2. The molecule has 3 N–H and O–H groups in total. The first-order valence-corrected chi connectivity index (χ1v) is 6.57. The molecule has 0 saturated heterocycles. The Morgan fingerprint density at radius 3 is 2.47 bits per heavy atom. The third kappa shape index (κ3) is 3.85. The van der Waals surface area contributed by atoms with E-state index in [-0.39, 0.29) is 12.0 Å². The van der Waals surface area contributed by atoms with E-state index < -0.39 is 0 Å². The van der Waals surface area contributed by atoms with Crippen molar-refractivity contribution >= 4 is 23.2 Å². The molecule has 0 radical (unpaired) electrons. The van der Waals surface area contributed by atoms with Gasteiger partial charge in [0.15, 0.2) is 0 Å². The van der Waals surface area contributed by atoms with Crippen LogP contribution in [0.3, 0.4) is 0 Å². The van der Waals surface area contributed by atoms with Crippen molar-refractivity contribution in [2.45, 2.75) is 26.2 Å². The maximum Gasteiger partial charge on any atom is 0.0595 e. The van der Waals surface area contributed by atoms with Gasteiger partial charge in [0.05, 0.1) is 16.7 Å². The predicted molar refractivity (Wildman–Crippen MR) is 73.6 cm³/mol. The average molecular weight is 276 g/mol. The molecule has 0 aliphatic carbocycles. The molecule has 1 atom stereocenters. The van der Waals surface area contributed by atoms with Crippen LogP contribution in [0, 0.1) is 5.41 Å². The topological polar surface area (TPSA) is 46.2 Å². The highest BCUT2D eigenvalue weighted by atomic mass is 35.5. The normalized spacial score (nSPS) is 14.6. The predicted octanol–water partition coefficient (Wildman–Crippen LogP) is 3.27. The lowest BCUT2D eigenvalue weighted by Gasteiger charge is -2.30. The van der Waals surface area contributed by atoms with Gasteiger partial charge in [-0.25, -0.2) is 0 Å². The van der Waals surface area contributed by atoms with Crippen LogP contribution in [-0.2, 0) is 6.42 Å². The van der Waals surface area contributed by atoms with Gasteiger partial charge >= 0.3 is 0 Å². The van der Waals surface area contributed by atoms with Gasteiger partial charge in [-0.1, -0.05) is 42.6 Å². The van der Waals surface area contributed by atoms with Crippen molar-refractivity contribution in [2.75, 3.05) is 13.2 Å². The van der Waals surface area contributed by atoms with Gasteiger partial charge in [0.2, 0.25) is 0 Å². The summed E-state index contributed by atoms with van der Waals surface area (Å²) in [5, 5.41) is 10.6. The number of benzene rings is 1. The summed E-state index contributed by atoms with van der Waals surface area (Å²) in [4.78, 5) is 0. The molecule has 17 heavy (non-hydrogen) atoms. The zero-order valence-electron chi connectivity index (χ0n) is 10.0. The molecule has 1 unspecified atom stereocenters. The first kappa shape index (κ1) is 14.8. The zero-order chi connectivity index (χ0) is 12.9. The molecule has 4 heteroatoms. The molecule has 0 spiro atoms. The molecule has 2 nitrogen and oxygen atoms in total. The fraction of sp³-hybridized carbons (Fsp3) is 0.538. The van der Waals surface area contributed by atoms with Gasteiger partial charge in [-0.3, -0.25) is 0 Å². The summed E-state index contributed by atoms with van der Waals surface area (Å²) in [6, 6.07) is 5.56. The number of aliphatic hydroxyl groups excluding tert-OH is 1. The summed E-state index contributed by atoms with van der Waals surface area (Å²) < 4.78 is 0. The second kappa shape index (κ2) is 6.60. The molecule has 1 aromatic rings. The maximum absolute atomic E-state index is 9.55. The van der Waals surface area contributed by atoms with Crippen molar-refractivity contribution < 1.29 is 5.11 Å². The SMILES string of the molecule is CCCC(CN)(CO)Cc1ccc(Cl)c(Cl)c1. The fourth-order valence-electron chi connectivity index (χ4n) is 2.08. The van der Waals surface area contributed by atoms with Gasteiger partial charge in [-0.2, -0.15) is 0 Å². The lowest BCUT2D eigenvalue weighted by Crippen LogP contribution is -2.36. The van der Waals surface area contributed by atoms with Crippen LogP contribution >= 0.6 is 23.2 Å². The molecule has 96 valence electrons. The van der Waals surface area contributed by atoms with E-state index >= 15 is 0 Å². The summed E-state index contributed by atoms with van der Waals surface area (Å²) >= 11 is 11.9. The molecule has 0 heterocycles. The largest absolute Gasteiger partial charge is 0.396 e. The minimum atomic E-state index is -0.244. The third-order valence-corrected chi connectivity index (χ3v) is 3.85. The van der Waals surface area contributed by atoms with E-state index in [1.54, 1.807) is 6.07 Å². The standard InChI is InChI=1S/C13H19Cl2NO/c1-2-5-13(8-16,9-17)7-10-3-4-11(14)12(15)6-10/h3-4,6,17H,2,5,7-9,16H2,1H3. The van der Waals surface area contributed by atoms with Crippen molar-refractivity contribution in [3.63, 3.8) is 0 Å². The van der Waals surface area contributed by atoms with Gasteiger partial charge < -0.3 is 10.8 Å². The van der Waals surface area contributed by atoms with E-state index in [0.717, 1.165) is 24.8 Å². The fourth-order valence-corrected chi connectivity index (χ4v) is 2.40. The Balaban J connectivity index is 2.89. The van der Waals surface area contributed by atoms with Crippen LogP contribution in [0.2, 0.25) is 10.0 Å². The summed E-state index contributed by atoms with van der Waals surface area (Å²) in [6.07, 6.45) is 2.63. The van der Waals surface area contributed by atoms with Crippen molar-refractivity contribution in [1.82, 2.24) is 0 Å². The Hall–Kier alpha value is -0.280. The van der Waals surface area contributed by atoms with Gasteiger partial charge in [0, 0.05) is 12.0 Å². The monoisotopic (exact) mass is 275 g/mol. The number of rotatable bonds is 6. The first-order valence-electron chi connectivity index (χ1n) is 5.82. The molecule has 0 amide bonds. The average Bonchev–Trinajstić information content (AvgIpc) is 2.33. The van der Waals surface area contributed by atoms with E-state index in [4.69, 9.17) is 28.9 Å². The highest BCUT2D eigenvalue weighted by Gasteiger charge is 2.27. The maximum atomic E-state index is 9.55. The molecule has 1 rings (SSSR count). The second-order valence-corrected chi connectivity index (χ2v) is 5.35. The van der Waals surface area contributed by atoms with Crippen molar-refractivity contribution in [2.24, 2.45) is 11.1 Å². The molecule has 0 bridgehead atoms.